The summed E-state index contributed by atoms with van der Waals surface area (Å²) in [4.78, 5) is 19.0. The number of para-hydroxylation sites is 2. The smallest absolute Gasteiger partial charge is 0.344 e. The van der Waals surface area contributed by atoms with Gasteiger partial charge in [0, 0.05) is 0 Å². The van der Waals surface area contributed by atoms with E-state index >= 15 is 0 Å². The van der Waals surface area contributed by atoms with E-state index in [-0.39, 0.29) is 29.0 Å². The van der Waals surface area contributed by atoms with E-state index in [1.807, 2.05) is 24.3 Å². The van der Waals surface area contributed by atoms with Crippen LogP contribution in [0.25, 0.3) is 22.7 Å². The number of fused-ring (bicyclic) bond motifs is 1. The van der Waals surface area contributed by atoms with Crippen molar-refractivity contribution in [3.63, 3.8) is 0 Å². The number of benzene rings is 2. The molecule has 0 unspecified atom stereocenters. The maximum absolute atomic E-state index is 11.4. The second-order valence-electron chi connectivity index (χ2n) is 5.68. The number of allylic oxidation sites excluding steroid dienone is 1. The average Bonchev–Trinajstić information content (AvgIpc) is 3.09. The topological polar surface area (TPSA) is 88.0 Å². The second-order valence-corrected chi connectivity index (χ2v) is 6.49. The molecular formula is C20H15Cl2N3O3. The van der Waals surface area contributed by atoms with E-state index in [9.17, 15) is 10.1 Å². The predicted octanol–water partition coefficient (Wildman–Crippen LogP) is 4.88. The maximum atomic E-state index is 11.4. The number of aromatic nitrogens is 2. The lowest BCUT2D eigenvalue weighted by Crippen LogP contribution is -2.14. The largest absolute Gasteiger partial charge is 0.479 e. The Morgan fingerprint density at radius 3 is 2.64 bits per heavy atom. The number of nitriles is 1. The van der Waals surface area contributed by atoms with Crippen molar-refractivity contribution in [2.45, 2.75) is 6.92 Å². The number of ether oxygens (including phenoxy) is 2. The molecule has 0 amide bonds. The molecule has 2 aromatic carbocycles. The van der Waals surface area contributed by atoms with Crippen molar-refractivity contribution in [2.24, 2.45) is 0 Å². The van der Waals surface area contributed by atoms with Crippen LogP contribution in [0.4, 0.5) is 0 Å². The number of H-pyrrole nitrogens is 1. The number of halogens is 2. The van der Waals surface area contributed by atoms with Gasteiger partial charge >= 0.3 is 5.97 Å². The molecule has 0 atom stereocenters. The lowest BCUT2D eigenvalue weighted by Gasteiger charge is -2.10. The number of esters is 1. The minimum atomic E-state index is -0.518. The molecule has 142 valence electrons. The lowest BCUT2D eigenvalue weighted by molar-refractivity contribution is -0.145. The fourth-order valence-electron chi connectivity index (χ4n) is 2.54. The summed E-state index contributed by atoms with van der Waals surface area (Å²) in [6.45, 7) is 1.66. The van der Waals surface area contributed by atoms with Crippen LogP contribution >= 0.6 is 23.2 Å². The molecule has 0 saturated heterocycles. The van der Waals surface area contributed by atoms with E-state index in [1.54, 1.807) is 25.1 Å². The van der Waals surface area contributed by atoms with Crippen LogP contribution in [0.2, 0.25) is 10.0 Å². The van der Waals surface area contributed by atoms with Crippen LogP contribution in [0, 0.1) is 11.3 Å². The first-order valence-corrected chi connectivity index (χ1v) is 9.11. The van der Waals surface area contributed by atoms with E-state index in [2.05, 4.69) is 16.0 Å². The number of carbonyl (C=O) groups excluding carboxylic acids is 1. The fourth-order valence-corrected chi connectivity index (χ4v) is 3.15. The van der Waals surface area contributed by atoms with E-state index in [0.717, 1.165) is 11.0 Å². The van der Waals surface area contributed by atoms with Gasteiger partial charge in [0.15, 0.2) is 12.4 Å². The molecule has 0 aliphatic heterocycles. The van der Waals surface area contributed by atoms with Crippen LogP contribution in [0.15, 0.2) is 36.4 Å². The van der Waals surface area contributed by atoms with E-state index in [0.29, 0.717) is 17.0 Å². The molecule has 6 nitrogen and oxygen atoms in total. The number of hydrogen-bond acceptors (Lipinski definition) is 5. The van der Waals surface area contributed by atoms with Crippen molar-refractivity contribution < 1.29 is 14.3 Å². The Balaban J connectivity index is 1.88. The van der Waals surface area contributed by atoms with Crippen LogP contribution in [-0.4, -0.2) is 29.2 Å². The summed E-state index contributed by atoms with van der Waals surface area (Å²) in [7, 11) is 0. The van der Waals surface area contributed by atoms with Gasteiger partial charge in [-0.25, -0.2) is 9.78 Å². The Bertz CT molecular complexity index is 1040. The molecule has 0 spiro atoms. The Morgan fingerprint density at radius 2 is 2.00 bits per heavy atom. The lowest BCUT2D eigenvalue weighted by atomic mass is 10.1. The van der Waals surface area contributed by atoms with E-state index < -0.39 is 5.97 Å². The highest BCUT2D eigenvalue weighted by Crippen LogP contribution is 2.35. The number of aromatic amines is 1. The maximum Gasteiger partial charge on any atom is 0.344 e. The summed E-state index contributed by atoms with van der Waals surface area (Å²) in [6, 6.07) is 12.8. The molecule has 1 N–H and O–H groups in total. The third-order valence-electron chi connectivity index (χ3n) is 3.74. The van der Waals surface area contributed by atoms with Crippen LogP contribution in [0.3, 0.4) is 0 Å². The van der Waals surface area contributed by atoms with Crippen molar-refractivity contribution in [3.8, 4) is 11.8 Å². The SMILES string of the molecule is CCOC(=O)COc1c(Cl)cc(/C=C(/C#N)c2nc3ccccc3[nH]2)cc1Cl. The van der Waals surface area contributed by atoms with Crippen molar-refractivity contribution in [1.82, 2.24) is 9.97 Å². The van der Waals surface area contributed by atoms with Crippen molar-refractivity contribution in [1.29, 1.82) is 5.26 Å². The fraction of sp³-hybridized carbons (Fsp3) is 0.150. The number of hydrogen-bond donors (Lipinski definition) is 1. The number of rotatable bonds is 6. The first-order chi connectivity index (χ1) is 13.5. The third kappa shape index (κ3) is 4.45. The van der Waals surface area contributed by atoms with Crippen LogP contribution in [-0.2, 0) is 9.53 Å². The highest BCUT2D eigenvalue weighted by Gasteiger charge is 2.13. The molecule has 0 bridgehead atoms. The third-order valence-corrected chi connectivity index (χ3v) is 4.30. The molecule has 3 rings (SSSR count). The zero-order chi connectivity index (χ0) is 20.1. The second kappa shape index (κ2) is 8.79. The van der Waals surface area contributed by atoms with Gasteiger partial charge in [-0.2, -0.15) is 5.26 Å². The van der Waals surface area contributed by atoms with Crippen LogP contribution < -0.4 is 4.74 Å². The minimum Gasteiger partial charge on any atom is -0.479 e. The molecule has 0 saturated carbocycles. The first-order valence-electron chi connectivity index (χ1n) is 8.36. The van der Waals surface area contributed by atoms with Gasteiger partial charge in [0.2, 0.25) is 0 Å². The molecule has 0 fully saturated rings. The summed E-state index contributed by atoms with van der Waals surface area (Å²) in [5.41, 5.74) is 2.51. The Morgan fingerprint density at radius 1 is 1.29 bits per heavy atom. The standard InChI is InChI=1S/C20H15Cl2N3O3/c1-2-27-18(26)11-28-19-14(21)8-12(9-15(19)22)7-13(10-23)20-24-16-5-3-4-6-17(16)25-20/h3-9H,2,11H2,1H3,(H,24,25)/b13-7-. The van der Waals surface area contributed by atoms with E-state index in [1.165, 1.54) is 0 Å². The zero-order valence-electron chi connectivity index (χ0n) is 14.8. The molecular weight excluding hydrogens is 401 g/mol. The number of carbonyl (C=O) groups is 1. The number of nitrogens with zero attached hydrogens (tertiary/aromatic N) is 2. The Labute approximate surface area is 171 Å². The average molecular weight is 416 g/mol. The molecule has 1 heterocycles. The molecule has 3 aromatic rings. The Hall–Kier alpha value is -3.01. The molecule has 0 radical (unpaired) electrons. The molecule has 0 aliphatic carbocycles. The van der Waals surface area contributed by atoms with Gasteiger partial charge in [-0.15, -0.1) is 0 Å². The highest BCUT2D eigenvalue weighted by atomic mass is 35.5. The van der Waals surface area contributed by atoms with Crippen LogP contribution in [0.1, 0.15) is 18.3 Å². The van der Waals surface area contributed by atoms with Gasteiger partial charge in [-0.05, 0) is 42.8 Å². The highest BCUT2D eigenvalue weighted by molar-refractivity contribution is 6.37. The first kappa shape index (κ1) is 19.7. The summed E-state index contributed by atoms with van der Waals surface area (Å²) in [5, 5.41) is 9.96. The number of nitrogens with one attached hydrogen (secondary N) is 1. The van der Waals surface area contributed by atoms with Gasteiger partial charge in [-0.1, -0.05) is 35.3 Å². The van der Waals surface area contributed by atoms with E-state index in [4.69, 9.17) is 32.7 Å². The van der Waals surface area contributed by atoms with Gasteiger partial charge in [0.25, 0.3) is 0 Å². The zero-order valence-corrected chi connectivity index (χ0v) is 16.3. The Kier molecular flexibility index (Phi) is 6.19. The number of imidazole rings is 1. The summed E-state index contributed by atoms with van der Waals surface area (Å²) < 4.78 is 10.2. The van der Waals surface area contributed by atoms with Crippen molar-refractivity contribution in [2.75, 3.05) is 13.2 Å². The van der Waals surface area contributed by atoms with Gasteiger partial charge in [-0.3, -0.25) is 0 Å². The molecule has 0 aliphatic rings. The van der Waals surface area contributed by atoms with Crippen molar-refractivity contribution >= 4 is 51.9 Å². The van der Waals surface area contributed by atoms with Crippen molar-refractivity contribution in [3.05, 3.63) is 57.8 Å². The molecule has 1 aromatic heterocycles. The van der Waals surface area contributed by atoms with Gasteiger partial charge in [0.1, 0.15) is 11.9 Å². The summed E-state index contributed by atoms with van der Waals surface area (Å²) in [6.07, 6.45) is 1.62. The minimum absolute atomic E-state index is 0.177. The molecule has 28 heavy (non-hydrogen) atoms. The predicted molar refractivity (Wildman–Crippen MR) is 108 cm³/mol. The van der Waals surface area contributed by atoms with Gasteiger partial charge < -0.3 is 14.5 Å². The summed E-state index contributed by atoms with van der Waals surface area (Å²) in [5.74, 6) is 0.102. The molecule has 8 heteroatoms. The summed E-state index contributed by atoms with van der Waals surface area (Å²) >= 11 is 12.5. The normalized spacial score (nSPS) is 11.3. The quantitative estimate of drug-likeness (QED) is 0.457. The van der Waals surface area contributed by atoms with Gasteiger partial charge in [0.05, 0.1) is 33.3 Å². The monoisotopic (exact) mass is 415 g/mol. The van der Waals surface area contributed by atoms with Crippen LogP contribution in [0.5, 0.6) is 5.75 Å².